The van der Waals surface area contributed by atoms with Crippen LogP contribution >= 0.6 is 0 Å². The molecule has 0 bridgehead atoms. The highest BCUT2D eigenvalue weighted by Crippen LogP contribution is 2.27. The summed E-state index contributed by atoms with van der Waals surface area (Å²) in [4.78, 5) is 43.3. The van der Waals surface area contributed by atoms with Crippen LogP contribution in [0.1, 0.15) is 19.2 Å². The summed E-state index contributed by atoms with van der Waals surface area (Å²) in [6, 6.07) is 14.8. The number of hydrogen-bond donors (Lipinski definition) is 2. The lowest BCUT2D eigenvalue weighted by atomic mass is 10.1. The highest BCUT2D eigenvalue weighted by molar-refractivity contribution is 6.00. The van der Waals surface area contributed by atoms with Crippen molar-refractivity contribution in [1.82, 2.24) is 20.4 Å². The number of aromatic nitrogens is 2. The van der Waals surface area contributed by atoms with Crippen molar-refractivity contribution in [3.63, 3.8) is 0 Å². The molecule has 3 amide bonds. The summed E-state index contributed by atoms with van der Waals surface area (Å²) in [5.74, 6) is -0.156. The van der Waals surface area contributed by atoms with Crippen molar-refractivity contribution < 1.29 is 19.1 Å². The van der Waals surface area contributed by atoms with E-state index in [4.69, 9.17) is 4.74 Å². The van der Waals surface area contributed by atoms with E-state index in [-0.39, 0.29) is 31.2 Å². The second-order valence-electron chi connectivity index (χ2n) is 7.62. The lowest BCUT2D eigenvalue weighted by Gasteiger charge is -2.17. The average Bonchev–Trinajstić information content (AvgIpc) is 3.33. The molecule has 1 saturated heterocycles. The Kier molecular flexibility index (Phi) is 6.07. The first kappa shape index (κ1) is 21.4. The van der Waals surface area contributed by atoms with Crippen molar-refractivity contribution in [3.8, 4) is 5.75 Å². The standard InChI is InChI=1S/C23H25N5O4/c1-3-32-17-10-8-16(9-11-17)28-14-15(12-22(28)30)23(31)26-25-21(29)13-20-24-18-6-4-5-7-19(18)27(20)2/h4-11,15H,3,12-14H2,1-2H3,(H,25,29)(H,26,31). The molecular weight excluding hydrogens is 410 g/mol. The van der Waals surface area contributed by atoms with Gasteiger partial charge in [-0.2, -0.15) is 0 Å². The number of para-hydroxylation sites is 2. The van der Waals surface area contributed by atoms with Crippen LogP contribution < -0.4 is 20.5 Å². The lowest BCUT2D eigenvalue weighted by molar-refractivity contribution is -0.131. The summed E-state index contributed by atoms with van der Waals surface area (Å²) in [5, 5.41) is 0. The minimum Gasteiger partial charge on any atom is -0.494 e. The van der Waals surface area contributed by atoms with Crippen molar-refractivity contribution >= 4 is 34.4 Å². The molecule has 1 fully saturated rings. The number of fused-ring (bicyclic) bond motifs is 1. The van der Waals surface area contributed by atoms with E-state index in [1.807, 2.05) is 42.8 Å². The SMILES string of the molecule is CCOc1ccc(N2CC(C(=O)NNC(=O)Cc3nc4ccccc4n3C)CC2=O)cc1. The first-order valence-electron chi connectivity index (χ1n) is 10.5. The van der Waals surface area contributed by atoms with Gasteiger partial charge in [0.25, 0.3) is 0 Å². The summed E-state index contributed by atoms with van der Waals surface area (Å²) in [6.07, 6.45) is 0.104. The van der Waals surface area contributed by atoms with Gasteiger partial charge in [-0.25, -0.2) is 4.98 Å². The number of ether oxygens (including phenoxy) is 1. The summed E-state index contributed by atoms with van der Waals surface area (Å²) < 4.78 is 7.27. The third-order valence-corrected chi connectivity index (χ3v) is 5.48. The smallest absolute Gasteiger partial charge is 0.245 e. The van der Waals surface area contributed by atoms with Gasteiger partial charge in [0.05, 0.1) is 30.0 Å². The number of nitrogens with one attached hydrogen (secondary N) is 2. The predicted molar refractivity (Wildman–Crippen MR) is 119 cm³/mol. The molecule has 1 unspecified atom stereocenters. The van der Waals surface area contributed by atoms with Crippen LogP contribution in [-0.4, -0.2) is 40.4 Å². The molecular formula is C23H25N5O4. The molecule has 1 aromatic heterocycles. The minimum absolute atomic E-state index is 0.0212. The van der Waals surface area contributed by atoms with Crippen LogP contribution in [0.5, 0.6) is 5.75 Å². The average molecular weight is 435 g/mol. The van der Waals surface area contributed by atoms with Gasteiger partial charge in [-0.3, -0.25) is 25.2 Å². The molecule has 0 saturated carbocycles. The molecule has 9 nitrogen and oxygen atoms in total. The third kappa shape index (κ3) is 4.41. The van der Waals surface area contributed by atoms with E-state index < -0.39 is 11.8 Å². The van der Waals surface area contributed by atoms with Crippen LogP contribution in [0.15, 0.2) is 48.5 Å². The number of carbonyl (C=O) groups excluding carboxylic acids is 3. The number of hydrogen-bond acceptors (Lipinski definition) is 5. The Morgan fingerprint density at radius 2 is 1.88 bits per heavy atom. The first-order valence-corrected chi connectivity index (χ1v) is 10.5. The fourth-order valence-electron chi connectivity index (χ4n) is 3.80. The lowest BCUT2D eigenvalue weighted by Crippen LogP contribution is -2.45. The molecule has 2 aromatic carbocycles. The Morgan fingerprint density at radius 3 is 2.59 bits per heavy atom. The van der Waals surface area contributed by atoms with Gasteiger partial charge in [0, 0.05) is 25.7 Å². The van der Waals surface area contributed by atoms with E-state index in [1.54, 1.807) is 29.2 Å². The van der Waals surface area contributed by atoms with E-state index >= 15 is 0 Å². The van der Waals surface area contributed by atoms with Crippen LogP contribution in [0.4, 0.5) is 5.69 Å². The maximum absolute atomic E-state index is 12.5. The van der Waals surface area contributed by atoms with E-state index in [0.717, 1.165) is 16.8 Å². The zero-order valence-corrected chi connectivity index (χ0v) is 18.0. The van der Waals surface area contributed by atoms with E-state index in [1.165, 1.54) is 0 Å². The molecule has 1 atom stereocenters. The van der Waals surface area contributed by atoms with Gasteiger partial charge in [0.15, 0.2) is 0 Å². The molecule has 1 aliphatic heterocycles. The summed E-state index contributed by atoms with van der Waals surface area (Å²) in [6.45, 7) is 2.71. The zero-order chi connectivity index (χ0) is 22.7. The molecule has 3 aromatic rings. The number of aryl methyl sites for hydroxylation is 1. The fraction of sp³-hybridized carbons (Fsp3) is 0.304. The molecule has 2 heterocycles. The van der Waals surface area contributed by atoms with Crippen LogP contribution in [0, 0.1) is 5.92 Å². The van der Waals surface area contributed by atoms with Gasteiger partial charge in [-0.05, 0) is 43.3 Å². The van der Waals surface area contributed by atoms with Gasteiger partial charge in [-0.1, -0.05) is 12.1 Å². The summed E-state index contributed by atoms with van der Waals surface area (Å²) >= 11 is 0. The van der Waals surface area contributed by atoms with Gasteiger partial charge in [0.1, 0.15) is 11.6 Å². The van der Waals surface area contributed by atoms with Gasteiger partial charge >= 0.3 is 0 Å². The van der Waals surface area contributed by atoms with E-state index in [2.05, 4.69) is 15.8 Å². The molecule has 0 radical (unpaired) electrons. The predicted octanol–water partition coefficient (Wildman–Crippen LogP) is 1.71. The number of anilines is 1. The molecule has 4 rings (SSSR count). The van der Waals surface area contributed by atoms with Gasteiger partial charge in [-0.15, -0.1) is 0 Å². The fourth-order valence-corrected chi connectivity index (χ4v) is 3.80. The maximum atomic E-state index is 12.5. The van der Waals surface area contributed by atoms with Crippen molar-refractivity contribution in [2.45, 2.75) is 19.8 Å². The molecule has 32 heavy (non-hydrogen) atoms. The number of carbonyl (C=O) groups is 3. The number of rotatable bonds is 6. The largest absolute Gasteiger partial charge is 0.494 e. The molecule has 0 aliphatic carbocycles. The summed E-state index contributed by atoms with van der Waals surface area (Å²) in [7, 11) is 1.84. The van der Waals surface area contributed by atoms with Crippen LogP contribution in [0.2, 0.25) is 0 Å². The number of imidazole rings is 1. The second-order valence-corrected chi connectivity index (χ2v) is 7.62. The van der Waals surface area contributed by atoms with Gasteiger partial charge in [0.2, 0.25) is 17.7 Å². The first-order chi connectivity index (χ1) is 15.5. The number of hydrazine groups is 1. The van der Waals surface area contributed by atoms with E-state index in [9.17, 15) is 14.4 Å². The quantitative estimate of drug-likeness (QED) is 0.574. The highest BCUT2D eigenvalue weighted by atomic mass is 16.5. The van der Waals surface area contributed by atoms with Crippen molar-refractivity contribution in [2.24, 2.45) is 13.0 Å². The third-order valence-electron chi connectivity index (χ3n) is 5.48. The Hall–Kier alpha value is -3.88. The van der Waals surface area contributed by atoms with Crippen molar-refractivity contribution in [2.75, 3.05) is 18.1 Å². The van der Waals surface area contributed by atoms with Crippen LogP contribution in [-0.2, 0) is 27.9 Å². The van der Waals surface area contributed by atoms with Crippen molar-refractivity contribution in [1.29, 1.82) is 0 Å². The maximum Gasteiger partial charge on any atom is 0.245 e. The number of amides is 3. The minimum atomic E-state index is -0.551. The number of nitrogens with zero attached hydrogens (tertiary/aromatic N) is 3. The molecule has 2 N–H and O–H groups in total. The zero-order valence-electron chi connectivity index (χ0n) is 18.0. The van der Waals surface area contributed by atoms with Gasteiger partial charge < -0.3 is 14.2 Å². The normalized spacial score (nSPS) is 15.8. The topological polar surface area (TPSA) is 106 Å². The molecule has 9 heteroatoms. The van der Waals surface area contributed by atoms with Crippen molar-refractivity contribution in [3.05, 3.63) is 54.4 Å². The Bertz CT molecular complexity index is 1150. The second kappa shape index (κ2) is 9.09. The molecule has 0 spiro atoms. The van der Waals surface area contributed by atoms with Crippen LogP contribution in [0.25, 0.3) is 11.0 Å². The molecule has 1 aliphatic rings. The Labute approximate surface area is 185 Å². The molecule has 166 valence electrons. The Balaban J connectivity index is 1.31. The van der Waals surface area contributed by atoms with E-state index in [0.29, 0.717) is 18.1 Å². The monoisotopic (exact) mass is 435 g/mol. The highest BCUT2D eigenvalue weighted by Gasteiger charge is 2.35. The summed E-state index contributed by atoms with van der Waals surface area (Å²) in [5.41, 5.74) is 7.32. The van der Waals surface area contributed by atoms with Crippen LogP contribution in [0.3, 0.4) is 0 Å². The Morgan fingerprint density at radius 1 is 1.12 bits per heavy atom. The number of benzene rings is 2.